The number of thiophene rings is 1. The molecule has 104 valence electrons. The molecule has 0 amide bonds. The minimum atomic E-state index is -0.796. The van der Waals surface area contributed by atoms with Gasteiger partial charge in [0.25, 0.3) is 0 Å². The zero-order valence-corrected chi connectivity index (χ0v) is 11.9. The molecule has 1 aliphatic heterocycles. The Morgan fingerprint density at radius 2 is 2.40 bits per heavy atom. The van der Waals surface area contributed by atoms with Crippen molar-refractivity contribution in [3.05, 3.63) is 45.7 Å². The largest absolute Gasteiger partial charge is 0.480 e. The Hall–Kier alpha value is -1.79. The van der Waals surface area contributed by atoms with Crippen LogP contribution >= 0.6 is 11.3 Å². The first-order valence-electron chi connectivity index (χ1n) is 6.47. The number of fused-ring (bicyclic) bond motifs is 1. The van der Waals surface area contributed by atoms with E-state index in [9.17, 15) is 9.90 Å². The summed E-state index contributed by atoms with van der Waals surface area (Å²) in [6, 6.07) is 3.20. The smallest absolute Gasteiger partial charge is 0.325 e. The topological polar surface area (TPSA) is 66.3 Å². The van der Waals surface area contributed by atoms with Gasteiger partial charge in [-0.15, -0.1) is 11.3 Å². The van der Waals surface area contributed by atoms with Gasteiger partial charge in [-0.1, -0.05) is 0 Å². The van der Waals surface area contributed by atoms with E-state index in [1.807, 2.05) is 29.3 Å². The zero-order chi connectivity index (χ0) is 14.1. The van der Waals surface area contributed by atoms with E-state index in [0.29, 0.717) is 12.4 Å². The van der Waals surface area contributed by atoms with E-state index < -0.39 is 12.0 Å². The van der Waals surface area contributed by atoms with E-state index in [4.69, 9.17) is 0 Å². The molecule has 5 nitrogen and oxygen atoms in total. The number of nitrogens with zero attached hydrogens (tertiary/aromatic N) is 3. The minimum Gasteiger partial charge on any atom is -0.480 e. The second kappa shape index (κ2) is 5.30. The lowest BCUT2D eigenvalue weighted by Crippen LogP contribution is -2.38. The lowest BCUT2D eigenvalue weighted by Gasteiger charge is -2.32. The highest BCUT2D eigenvalue weighted by Gasteiger charge is 2.33. The first-order chi connectivity index (χ1) is 9.65. The van der Waals surface area contributed by atoms with Gasteiger partial charge in [0, 0.05) is 24.2 Å². The fraction of sp³-hybridized carbons (Fsp3) is 0.357. The van der Waals surface area contributed by atoms with Crippen LogP contribution < -0.4 is 0 Å². The molecule has 0 aliphatic carbocycles. The van der Waals surface area contributed by atoms with Crippen molar-refractivity contribution in [2.75, 3.05) is 6.54 Å². The summed E-state index contributed by atoms with van der Waals surface area (Å²) in [5.74, 6) is -0.0854. The zero-order valence-electron chi connectivity index (χ0n) is 11.1. The molecule has 3 rings (SSSR count). The number of carboxylic acids is 1. The number of rotatable bonds is 3. The SMILES string of the molecule is Cc1nccc(CN2CCc3sccc3C2C(=O)O)n1. The van der Waals surface area contributed by atoms with Crippen molar-refractivity contribution in [1.82, 2.24) is 14.9 Å². The fourth-order valence-corrected chi connectivity index (χ4v) is 3.53. The van der Waals surface area contributed by atoms with Gasteiger partial charge in [0.15, 0.2) is 0 Å². The number of hydrogen-bond acceptors (Lipinski definition) is 5. The third kappa shape index (κ3) is 2.44. The molecule has 0 radical (unpaired) electrons. The van der Waals surface area contributed by atoms with Crippen LogP contribution in [0.4, 0.5) is 0 Å². The molecule has 0 bridgehead atoms. The molecule has 0 aromatic carbocycles. The van der Waals surface area contributed by atoms with Crippen molar-refractivity contribution in [2.45, 2.75) is 25.9 Å². The summed E-state index contributed by atoms with van der Waals surface area (Å²) >= 11 is 1.64. The van der Waals surface area contributed by atoms with Gasteiger partial charge in [-0.3, -0.25) is 9.69 Å². The Balaban J connectivity index is 1.88. The Labute approximate surface area is 120 Å². The minimum absolute atomic E-state index is 0.537. The molecule has 20 heavy (non-hydrogen) atoms. The van der Waals surface area contributed by atoms with Crippen LogP contribution in [0.1, 0.15) is 28.0 Å². The molecule has 1 N–H and O–H groups in total. The van der Waals surface area contributed by atoms with Gasteiger partial charge in [0.1, 0.15) is 11.9 Å². The Morgan fingerprint density at radius 3 is 3.15 bits per heavy atom. The first kappa shape index (κ1) is 13.2. The van der Waals surface area contributed by atoms with E-state index in [1.54, 1.807) is 17.5 Å². The molecule has 1 atom stereocenters. The highest BCUT2D eigenvalue weighted by atomic mass is 32.1. The molecule has 0 saturated carbocycles. The number of hydrogen-bond donors (Lipinski definition) is 1. The maximum atomic E-state index is 11.6. The summed E-state index contributed by atoms with van der Waals surface area (Å²) in [5.41, 5.74) is 1.79. The quantitative estimate of drug-likeness (QED) is 0.936. The predicted molar refractivity (Wildman–Crippen MR) is 75.6 cm³/mol. The summed E-state index contributed by atoms with van der Waals surface area (Å²) in [7, 11) is 0. The summed E-state index contributed by atoms with van der Waals surface area (Å²) in [6.07, 6.45) is 2.62. The molecule has 0 fully saturated rings. The Bertz CT molecular complexity index is 641. The highest BCUT2D eigenvalue weighted by Crippen LogP contribution is 2.34. The van der Waals surface area contributed by atoms with Crippen molar-refractivity contribution < 1.29 is 9.90 Å². The standard InChI is InChI=1S/C14H15N3O2S/c1-9-15-5-2-10(16-9)8-17-6-3-12-11(4-7-20-12)13(17)14(18)19/h2,4-5,7,13H,3,6,8H2,1H3,(H,18,19). The summed E-state index contributed by atoms with van der Waals surface area (Å²) in [4.78, 5) is 23.2. The van der Waals surface area contributed by atoms with Crippen LogP contribution in [0.3, 0.4) is 0 Å². The van der Waals surface area contributed by atoms with Crippen molar-refractivity contribution in [3.63, 3.8) is 0 Å². The second-order valence-electron chi connectivity index (χ2n) is 4.86. The third-order valence-electron chi connectivity index (χ3n) is 3.50. The molecule has 2 aromatic rings. The van der Waals surface area contributed by atoms with Gasteiger partial charge in [0.2, 0.25) is 0 Å². The summed E-state index contributed by atoms with van der Waals surface area (Å²) in [5, 5.41) is 11.5. The lowest BCUT2D eigenvalue weighted by atomic mass is 10.00. The first-order valence-corrected chi connectivity index (χ1v) is 7.35. The fourth-order valence-electron chi connectivity index (χ4n) is 2.63. The third-order valence-corrected chi connectivity index (χ3v) is 4.49. The molecule has 1 aliphatic rings. The van der Waals surface area contributed by atoms with E-state index in [2.05, 4.69) is 9.97 Å². The van der Waals surface area contributed by atoms with E-state index in [-0.39, 0.29) is 0 Å². The molecular weight excluding hydrogens is 274 g/mol. The Kier molecular flexibility index (Phi) is 3.50. The highest BCUT2D eigenvalue weighted by molar-refractivity contribution is 7.10. The van der Waals surface area contributed by atoms with E-state index in [1.165, 1.54) is 4.88 Å². The van der Waals surface area contributed by atoms with Crippen LogP contribution in [0.25, 0.3) is 0 Å². The molecule has 2 aromatic heterocycles. The average molecular weight is 289 g/mol. The maximum Gasteiger partial charge on any atom is 0.325 e. The van der Waals surface area contributed by atoms with Gasteiger partial charge in [0.05, 0.1) is 5.69 Å². The number of aromatic nitrogens is 2. The molecule has 3 heterocycles. The molecule has 0 spiro atoms. The van der Waals surface area contributed by atoms with E-state index >= 15 is 0 Å². The van der Waals surface area contributed by atoms with Crippen molar-refractivity contribution in [2.24, 2.45) is 0 Å². The normalized spacial score (nSPS) is 18.8. The van der Waals surface area contributed by atoms with Gasteiger partial charge < -0.3 is 5.11 Å². The Morgan fingerprint density at radius 1 is 1.55 bits per heavy atom. The van der Waals surface area contributed by atoms with Gasteiger partial charge in [-0.05, 0) is 36.4 Å². The monoisotopic (exact) mass is 289 g/mol. The van der Waals surface area contributed by atoms with Crippen LogP contribution in [-0.2, 0) is 17.8 Å². The molecular formula is C14H15N3O2S. The van der Waals surface area contributed by atoms with Crippen LogP contribution in [0.2, 0.25) is 0 Å². The van der Waals surface area contributed by atoms with E-state index in [0.717, 1.165) is 24.2 Å². The van der Waals surface area contributed by atoms with Crippen molar-refractivity contribution in [1.29, 1.82) is 0 Å². The summed E-state index contributed by atoms with van der Waals surface area (Å²) in [6.45, 7) is 3.12. The van der Waals surface area contributed by atoms with Crippen LogP contribution in [-0.4, -0.2) is 32.5 Å². The van der Waals surface area contributed by atoms with Crippen LogP contribution in [0.5, 0.6) is 0 Å². The van der Waals surface area contributed by atoms with Crippen molar-refractivity contribution >= 4 is 17.3 Å². The maximum absolute atomic E-state index is 11.6. The van der Waals surface area contributed by atoms with Gasteiger partial charge in [-0.2, -0.15) is 0 Å². The lowest BCUT2D eigenvalue weighted by molar-refractivity contribution is -0.144. The average Bonchev–Trinajstić information content (AvgIpc) is 2.86. The number of carbonyl (C=O) groups is 1. The number of carboxylic acid groups (broad SMARTS) is 1. The van der Waals surface area contributed by atoms with Gasteiger partial charge in [-0.25, -0.2) is 9.97 Å². The molecule has 6 heteroatoms. The predicted octanol–water partition coefficient (Wildman–Crippen LogP) is 2.03. The van der Waals surface area contributed by atoms with Crippen molar-refractivity contribution in [3.8, 4) is 0 Å². The second-order valence-corrected chi connectivity index (χ2v) is 5.86. The number of aryl methyl sites for hydroxylation is 1. The number of aliphatic carboxylic acids is 1. The van der Waals surface area contributed by atoms with Crippen LogP contribution in [0.15, 0.2) is 23.7 Å². The molecule has 0 saturated heterocycles. The summed E-state index contributed by atoms with van der Waals surface area (Å²) < 4.78 is 0. The van der Waals surface area contributed by atoms with Gasteiger partial charge >= 0.3 is 5.97 Å². The van der Waals surface area contributed by atoms with Crippen LogP contribution in [0, 0.1) is 6.92 Å². The molecule has 1 unspecified atom stereocenters.